The van der Waals surface area contributed by atoms with Crippen molar-refractivity contribution in [1.82, 2.24) is 0 Å². The Morgan fingerprint density at radius 1 is 1.38 bits per heavy atom. The average Bonchev–Trinajstić information content (AvgIpc) is 2.43. The Balaban J connectivity index is 1.93. The fourth-order valence-electron chi connectivity index (χ4n) is 2.28. The maximum atomic E-state index is 12.1. The predicted molar refractivity (Wildman–Crippen MR) is 69.9 cm³/mol. The molecule has 1 atom stereocenters. The van der Waals surface area contributed by atoms with Gasteiger partial charge in [-0.15, -0.1) is 0 Å². The third-order valence-corrected chi connectivity index (χ3v) is 3.24. The number of alkyl halides is 3. The maximum absolute atomic E-state index is 12.1. The molecule has 1 amide bonds. The molecule has 1 unspecified atom stereocenters. The number of rotatable bonds is 4. The van der Waals surface area contributed by atoms with E-state index >= 15 is 0 Å². The van der Waals surface area contributed by atoms with Crippen LogP contribution in [0.25, 0.3) is 0 Å². The van der Waals surface area contributed by atoms with Gasteiger partial charge in [-0.25, -0.2) is 0 Å². The summed E-state index contributed by atoms with van der Waals surface area (Å²) in [5.74, 6) is -0.309. The predicted octanol–water partition coefficient (Wildman–Crippen LogP) is 2.43. The van der Waals surface area contributed by atoms with Gasteiger partial charge in [-0.05, 0) is 12.5 Å². The van der Waals surface area contributed by atoms with E-state index in [4.69, 9.17) is 0 Å². The summed E-state index contributed by atoms with van der Waals surface area (Å²) in [6.07, 6.45) is -4.72. The average molecular weight is 303 g/mol. The lowest BCUT2D eigenvalue weighted by molar-refractivity contribution is -0.174. The molecule has 0 aliphatic carbocycles. The van der Waals surface area contributed by atoms with Crippen LogP contribution in [0.3, 0.4) is 0 Å². The molecule has 1 aromatic carbocycles. The van der Waals surface area contributed by atoms with E-state index in [1.165, 1.54) is 4.90 Å². The summed E-state index contributed by atoms with van der Waals surface area (Å²) < 4.78 is 40.2. The molecule has 116 valence electrons. The highest BCUT2D eigenvalue weighted by atomic mass is 19.4. The lowest BCUT2D eigenvalue weighted by Crippen LogP contribution is -2.37. The monoisotopic (exact) mass is 303 g/mol. The van der Waals surface area contributed by atoms with E-state index in [-0.39, 0.29) is 18.9 Å². The first-order chi connectivity index (χ1) is 9.88. The maximum Gasteiger partial charge on any atom is 0.411 e. The Kier molecular flexibility index (Phi) is 4.84. The van der Waals surface area contributed by atoms with Crippen LogP contribution >= 0.6 is 0 Å². The molecule has 21 heavy (non-hydrogen) atoms. The summed E-state index contributed by atoms with van der Waals surface area (Å²) in [6, 6.07) is 6.96. The van der Waals surface area contributed by atoms with Crippen LogP contribution in [0, 0.1) is 0 Å². The van der Waals surface area contributed by atoms with Crippen molar-refractivity contribution in [3.05, 3.63) is 29.8 Å². The first-order valence-electron chi connectivity index (χ1n) is 6.60. The van der Waals surface area contributed by atoms with Gasteiger partial charge in [-0.3, -0.25) is 4.79 Å². The molecule has 1 heterocycles. The first kappa shape index (κ1) is 15.8. The Bertz CT molecular complexity index is 504. The fourth-order valence-corrected chi connectivity index (χ4v) is 2.28. The molecule has 1 N–H and O–H groups in total. The molecule has 4 nitrogen and oxygen atoms in total. The first-order valence-corrected chi connectivity index (χ1v) is 6.60. The highest BCUT2D eigenvalue weighted by Crippen LogP contribution is 2.33. The summed E-state index contributed by atoms with van der Waals surface area (Å²) >= 11 is 0. The van der Waals surface area contributed by atoms with Crippen molar-refractivity contribution >= 4 is 11.6 Å². The van der Waals surface area contributed by atoms with Gasteiger partial charge in [0.2, 0.25) is 5.91 Å². The molecule has 0 saturated carbocycles. The van der Waals surface area contributed by atoms with Crippen molar-refractivity contribution in [2.75, 3.05) is 24.7 Å². The van der Waals surface area contributed by atoms with Crippen molar-refractivity contribution in [1.29, 1.82) is 0 Å². The number of halogens is 3. The number of hydrogen-bond donors (Lipinski definition) is 1. The Labute approximate surface area is 120 Å². The number of amides is 1. The number of para-hydroxylation sites is 1. The van der Waals surface area contributed by atoms with E-state index in [1.807, 2.05) is 0 Å². The van der Waals surface area contributed by atoms with Crippen molar-refractivity contribution in [2.45, 2.75) is 25.1 Å². The van der Waals surface area contributed by atoms with Crippen LogP contribution in [0.1, 0.15) is 24.5 Å². The van der Waals surface area contributed by atoms with Gasteiger partial charge in [-0.1, -0.05) is 18.2 Å². The zero-order chi connectivity index (χ0) is 15.5. The quantitative estimate of drug-likeness (QED) is 0.869. The van der Waals surface area contributed by atoms with Crippen LogP contribution in [0.15, 0.2) is 24.3 Å². The minimum atomic E-state index is -4.38. The molecule has 0 radical (unpaired) electrons. The van der Waals surface area contributed by atoms with Gasteiger partial charge < -0.3 is 14.7 Å². The van der Waals surface area contributed by atoms with Gasteiger partial charge in [0.15, 0.2) is 0 Å². The molecule has 7 heteroatoms. The summed E-state index contributed by atoms with van der Waals surface area (Å²) in [4.78, 5) is 13.6. The normalized spacial score (nSPS) is 18.5. The standard InChI is InChI=1S/C14H16F3NO3/c15-14(16,17)9-21-8-6-13(20)18-7-5-12(19)10-3-1-2-4-11(10)18/h1-4,12,19H,5-9H2. The van der Waals surface area contributed by atoms with Crippen molar-refractivity contribution in [2.24, 2.45) is 0 Å². The van der Waals surface area contributed by atoms with Crippen LogP contribution in [0.4, 0.5) is 18.9 Å². The zero-order valence-electron chi connectivity index (χ0n) is 11.3. The number of benzene rings is 1. The number of nitrogens with zero attached hydrogens (tertiary/aromatic N) is 1. The van der Waals surface area contributed by atoms with E-state index in [9.17, 15) is 23.1 Å². The largest absolute Gasteiger partial charge is 0.411 e. The summed E-state index contributed by atoms with van der Waals surface area (Å²) in [7, 11) is 0. The Morgan fingerprint density at radius 3 is 2.81 bits per heavy atom. The second-order valence-electron chi connectivity index (χ2n) is 4.83. The molecule has 1 aliphatic rings. The lowest BCUT2D eigenvalue weighted by Gasteiger charge is -2.32. The number of fused-ring (bicyclic) bond motifs is 1. The fraction of sp³-hybridized carbons (Fsp3) is 0.500. The highest BCUT2D eigenvalue weighted by Gasteiger charge is 2.29. The molecule has 0 spiro atoms. The smallest absolute Gasteiger partial charge is 0.388 e. The van der Waals surface area contributed by atoms with Gasteiger partial charge in [0.25, 0.3) is 0 Å². The number of aliphatic hydroxyl groups is 1. The van der Waals surface area contributed by atoms with Crippen LogP contribution in [-0.2, 0) is 9.53 Å². The molecule has 0 aromatic heterocycles. The van der Waals surface area contributed by atoms with Crippen LogP contribution < -0.4 is 4.90 Å². The van der Waals surface area contributed by atoms with E-state index in [1.54, 1.807) is 24.3 Å². The van der Waals surface area contributed by atoms with Gasteiger partial charge >= 0.3 is 6.18 Å². The minimum Gasteiger partial charge on any atom is -0.388 e. The summed E-state index contributed by atoms with van der Waals surface area (Å²) in [5.41, 5.74) is 1.27. The number of aliphatic hydroxyl groups excluding tert-OH is 1. The Morgan fingerprint density at radius 2 is 2.10 bits per heavy atom. The summed E-state index contributed by atoms with van der Waals surface area (Å²) in [6.45, 7) is -1.29. The zero-order valence-corrected chi connectivity index (χ0v) is 11.3. The van der Waals surface area contributed by atoms with Crippen molar-refractivity contribution < 1.29 is 27.8 Å². The van der Waals surface area contributed by atoms with E-state index in [2.05, 4.69) is 4.74 Å². The van der Waals surface area contributed by atoms with Gasteiger partial charge in [0.1, 0.15) is 6.61 Å². The highest BCUT2D eigenvalue weighted by molar-refractivity contribution is 5.94. The van der Waals surface area contributed by atoms with E-state index in [0.29, 0.717) is 24.2 Å². The number of carbonyl (C=O) groups is 1. The summed E-state index contributed by atoms with van der Waals surface area (Å²) in [5, 5.41) is 9.88. The molecule has 2 rings (SSSR count). The third kappa shape index (κ3) is 4.18. The number of carbonyl (C=O) groups excluding carboxylic acids is 1. The molecular formula is C14H16F3NO3. The molecule has 0 fully saturated rings. The van der Waals surface area contributed by atoms with Crippen LogP contribution in [0.5, 0.6) is 0 Å². The number of anilines is 1. The third-order valence-electron chi connectivity index (χ3n) is 3.24. The van der Waals surface area contributed by atoms with Gasteiger partial charge in [-0.2, -0.15) is 13.2 Å². The number of ether oxygens (including phenoxy) is 1. The molecule has 0 saturated heterocycles. The van der Waals surface area contributed by atoms with E-state index < -0.39 is 18.9 Å². The SMILES string of the molecule is O=C(CCOCC(F)(F)F)N1CCC(O)c2ccccc21. The second kappa shape index (κ2) is 6.44. The number of hydrogen-bond acceptors (Lipinski definition) is 3. The van der Waals surface area contributed by atoms with Crippen molar-refractivity contribution in [3.63, 3.8) is 0 Å². The van der Waals surface area contributed by atoms with Gasteiger partial charge in [0.05, 0.1) is 19.1 Å². The van der Waals surface area contributed by atoms with Crippen LogP contribution in [0.2, 0.25) is 0 Å². The van der Waals surface area contributed by atoms with E-state index in [0.717, 1.165) is 0 Å². The molecular weight excluding hydrogens is 287 g/mol. The van der Waals surface area contributed by atoms with Gasteiger partial charge in [0, 0.05) is 17.8 Å². The topological polar surface area (TPSA) is 49.8 Å². The Hall–Kier alpha value is -1.60. The minimum absolute atomic E-state index is 0.124. The molecule has 0 bridgehead atoms. The molecule has 1 aromatic rings. The lowest BCUT2D eigenvalue weighted by atomic mass is 9.98. The van der Waals surface area contributed by atoms with Crippen molar-refractivity contribution in [3.8, 4) is 0 Å². The molecule has 1 aliphatic heterocycles. The van der Waals surface area contributed by atoms with Crippen LogP contribution in [-0.4, -0.2) is 36.9 Å². The second-order valence-corrected chi connectivity index (χ2v) is 4.83.